The largest absolute Gasteiger partial charge is 0.381 e. The molecule has 1 N–H and O–H groups in total. The Morgan fingerprint density at radius 1 is 1.24 bits per heavy atom. The lowest BCUT2D eigenvalue weighted by atomic mass is 10.2. The highest BCUT2D eigenvalue weighted by Crippen LogP contribution is 2.27. The number of hydrogen-bond acceptors (Lipinski definition) is 4. The summed E-state index contributed by atoms with van der Waals surface area (Å²) in [4.78, 5) is 0. The molecular weight excluding hydrogens is 238 g/mol. The number of methoxy groups -OCH3 is 1. The monoisotopic (exact) mass is 255 g/mol. The maximum absolute atomic E-state index is 5.93. The van der Waals surface area contributed by atoms with Crippen molar-refractivity contribution in [3.63, 3.8) is 0 Å². The van der Waals surface area contributed by atoms with Gasteiger partial charge in [0, 0.05) is 13.2 Å². The Kier molecular flexibility index (Phi) is 3.84. The van der Waals surface area contributed by atoms with Gasteiger partial charge in [0.2, 0.25) is 0 Å². The predicted octanol–water partition coefficient (Wildman–Crippen LogP) is 2.73. The summed E-state index contributed by atoms with van der Waals surface area (Å²) in [5.74, 6) is 0.841. The molecule has 2 rings (SSSR count). The fourth-order valence-corrected chi connectivity index (χ4v) is 2.37. The van der Waals surface area contributed by atoms with Gasteiger partial charge in [-0.15, -0.1) is 10.2 Å². The van der Waals surface area contributed by atoms with Gasteiger partial charge in [0.25, 0.3) is 0 Å². The zero-order valence-corrected chi connectivity index (χ0v) is 11.2. The zero-order valence-electron chi connectivity index (χ0n) is 10.5. The highest BCUT2D eigenvalue weighted by molar-refractivity contribution is 6.30. The first-order valence-electron chi connectivity index (χ1n) is 5.90. The van der Waals surface area contributed by atoms with Crippen molar-refractivity contribution in [1.82, 2.24) is 10.2 Å². The van der Waals surface area contributed by atoms with Gasteiger partial charge in [0.15, 0.2) is 11.0 Å². The van der Waals surface area contributed by atoms with Gasteiger partial charge in [0.1, 0.15) is 0 Å². The second-order valence-corrected chi connectivity index (χ2v) is 4.96. The second kappa shape index (κ2) is 5.19. The normalized spacial score (nSPS) is 24.0. The van der Waals surface area contributed by atoms with Gasteiger partial charge in [-0.3, -0.25) is 0 Å². The number of ether oxygens (including phenoxy) is 1. The molecule has 5 heteroatoms. The molecule has 2 unspecified atom stereocenters. The Morgan fingerprint density at radius 2 is 2.00 bits per heavy atom. The third kappa shape index (κ3) is 2.69. The number of halogens is 1. The van der Waals surface area contributed by atoms with E-state index in [9.17, 15) is 0 Å². The molecule has 0 spiro atoms. The van der Waals surface area contributed by atoms with E-state index in [1.54, 1.807) is 7.11 Å². The molecule has 1 fully saturated rings. The van der Waals surface area contributed by atoms with Gasteiger partial charge >= 0.3 is 0 Å². The van der Waals surface area contributed by atoms with Gasteiger partial charge in [0.05, 0.1) is 6.10 Å². The van der Waals surface area contributed by atoms with Crippen LogP contribution in [0.15, 0.2) is 0 Å². The van der Waals surface area contributed by atoms with Gasteiger partial charge in [-0.1, -0.05) is 11.6 Å². The molecule has 0 bridgehead atoms. The average Bonchev–Trinajstić information content (AvgIpc) is 2.78. The summed E-state index contributed by atoms with van der Waals surface area (Å²) in [6, 6.07) is 0.425. The first kappa shape index (κ1) is 12.6. The predicted molar refractivity (Wildman–Crippen MR) is 68.6 cm³/mol. The molecule has 1 aromatic heterocycles. The van der Waals surface area contributed by atoms with Crippen molar-refractivity contribution < 1.29 is 4.74 Å². The molecule has 1 aromatic rings. The summed E-state index contributed by atoms with van der Waals surface area (Å²) in [5, 5.41) is 12.0. The first-order chi connectivity index (χ1) is 8.11. The van der Waals surface area contributed by atoms with Gasteiger partial charge < -0.3 is 10.1 Å². The van der Waals surface area contributed by atoms with Crippen LogP contribution in [-0.4, -0.2) is 29.5 Å². The molecular formula is C12H18ClN3O. The molecule has 1 aliphatic carbocycles. The minimum atomic E-state index is 0.370. The van der Waals surface area contributed by atoms with Crippen LogP contribution in [0.4, 0.5) is 5.82 Å². The molecule has 2 atom stereocenters. The van der Waals surface area contributed by atoms with Gasteiger partial charge in [-0.2, -0.15) is 0 Å². The summed E-state index contributed by atoms with van der Waals surface area (Å²) in [6.07, 6.45) is 3.61. The van der Waals surface area contributed by atoms with Crippen LogP contribution in [0.5, 0.6) is 0 Å². The molecule has 0 saturated heterocycles. The lowest BCUT2D eigenvalue weighted by molar-refractivity contribution is 0.108. The fourth-order valence-electron chi connectivity index (χ4n) is 2.19. The van der Waals surface area contributed by atoms with Crippen LogP contribution < -0.4 is 5.32 Å². The summed E-state index contributed by atoms with van der Waals surface area (Å²) in [7, 11) is 1.77. The zero-order chi connectivity index (χ0) is 12.4. The SMILES string of the molecule is COC1CCC(Nc2nnc(Cl)c(C)c2C)C1. The fraction of sp³-hybridized carbons (Fsp3) is 0.667. The van der Waals surface area contributed by atoms with Crippen molar-refractivity contribution in [1.29, 1.82) is 0 Å². The molecule has 1 aliphatic rings. The van der Waals surface area contributed by atoms with Crippen LogP contribution >= 0.6 is 11.6 Å². The van der Waals surface area contributed by atoms with E-state index < -0.39 is 0 Å². The molecule has 0 aliphatic heterocycles. The molecule has 0 aromatic carbocycles. The molecule has 1 heterocycles. The summed E-state index contributed by atoms with van der Waals surface area (Å²) >= 11 is 5.93. The number of nitrogens with zero attached hydrogens (tertiary/aromatic N) is 2. The summed E-state index contributed by atoms with van der Waals surface area (Å²) in [5.41, 5.74) is 2.07. The molecule has 17 heavy (non-hydrogen) atoms. The lowest BCUT2D eigenvalue weighted by Crippen LogP contribution is -2.19. The number of nitrogens with one attached hydrogen (secondary N) is 1. The van der Waals surface area contributed by atoms with Crippen molar-refractivity contribution in [2.75, 3.05) is 12.4 Å². The van der Waals surface area contributed by atoms with Crippen molar-refractivity contribution in [3.8, 4) is 0 Å². The highest BCUT2D eigenvalue weighted by atomic mass is 35.5. The van der Waals surface area contributed by atoms with Crippen LogP contribution in [-0.2, 0) is 4.74 Å². The van der Waals surface area contributed by atoms with E-state index >= 15 is 0 Å². The Balaban J connectivity index is 2.07. The molecule has 4 nitrogen and oxygen atoms in total. The Bertz CT molecular complexity index is 411. The van der Waals surface area contributed by atoms with E-state index in [0.717, 1.165) is 36.2 Å². The summed E-state index contributed by atoms with van der Waals surface area (Å²) < 4.78 is 5.36. The van der Waals surface area contributed by atoms with Crippen molar-refractivity contribution in [3.05, 3.63) is 16.3 Å². The molecule has 0 radical (unpaired) electrons. The average molecular weight is 256 g/mol. The van der Waals surface area contributed by atoms with Crippen LogP contribution in [0.25, 0.3) is 0 Å². The Hall–Kier alpha value is -0.870. The van der Waals surface area contributed by atoms with Crippen LogP contribution in [0.1, 0.15) is 30.4 Å². The van der Waals surface area contributed by atoms with E-state index in [0.29, 0.717) is 17.3 Å². The van der Waals surface area contributed by atoms with Crippen LogP contribution in [0, 0.1) is 13.8 Å². The number of hydrogen-bond donors (Lipinski definition) is 1. The van der Waals surface area contributed by atoms with Crippen molar-refractivity contribution in [2.45, 2.75) is 45.3 Å². The minimum Gasteiger partial charge on any atom is -0.381 e. The number of anilines is 1. The minimum absolute atomic E-state index is 0.370. The highest BCUT2D eigenvalue weighted by Gasteiger charge is 2.25. The Morgan fingerprint density at radius 3 is 2.65 bits per heavy atom. The van der Waals surface area contributed by atoms with Crippen LogP contribution in [0.2, 0.25) is 5.15 Å². The van der Waals surface area contributed by atoms with E-state index in [1.807, 2.05) is 13.8 Å². The second-order valence-electron chi connectivity index (χ2n) is 4.60. The van der Waals surface area contributed by atoms with E-state index in [4.69, 9.17) is 16.3 Å². The lowest BCUT2D eigenvalue weighted by Gasteiger charge is -2.16. The first-order valence-corrected chi connectivity index (χ1v) is 6.28. The number of aromatic nitrogens is 2. The molecule has 94 valence electrons. The quantitative estimate of drug-likeness (QED) is 0.902. The third-order valence-electron chi connectivity index (χ3n) is 3.52. The van der Waals surface area contributed by atoms with E-state index in [1.165, 1.54) is 0 Å². The van der Waals surface area contributed by atoms with E-state index in [2.05, 4.69) is 15.5 Å². The topological polar surface area (TPSA) is 47.0 Å². The standard InChI is InChI=1S/C12H18ClN3O/c1-7-8(2)12(16-15-11(7)13)14-9-4-5-10(6-9)17-3/h9-10H,4-6H2,1-3H3,(H,14,16). The third-order valence-corrected chi connectivity index (χ3v) is 3.88. The molecule has 1 saturated carbocycles. The Labute approximate surface area is 107 Å². The molecule has 0 amide bonds. The smallest absolute Gasteiger partial charge is 0.155 e. The summed E-state index contributed by atoms with van der Waals surface area (Å²) in [6.45, 7) is 3.98. The van der Waals surface area contributed by atoms with E-state index in [-0.39, 0.29) is 0 Å². The number of rotatable bonds is 3. The van der Waals surface area contributed by atoms with Gasteiger partial charge in [-0.25, -0.2) is 0 Å². The van der Waals surface area contributed by atoms with Crippen LogP contribution in [0.3, 0.4) is 0 Å². The van der Waals surface area contributed by atoms with Crippen molar-refractivity contribution >= 4 is 17.4 Å². The maximum Gasteiger partial charge on any atom is 0.155 e. The maximum atomic E-state index is 5.93. The van der Waals surface area contributed by atoms with Crippen molar-refractivity contribution in [2.24, 2.45) is 0 Å². The van der Waals surface area contributed by atoms with Gasteiger partial charge in [-0.05, 0) is 44.2 Å².